The first-order valence-corrected chi connectivity index (χ1v) is 8.58. The molecule has 1 aromatic rings. The summed E-state index contributed by atoms with van der Waals surface area (Å²) in [5.74, 6) is 0.797. The molecule has 18 heavy (non-hydrogen) atoms. The maximum atomic E-state index is 3.96. The topological polar surface area (TPSA) is 0 Å². The van der Waals surface area contributed by atoms with Crippen molar-refractivity contribution in [2.45, 2.75) is 50.8 Å². The Bertz CT molecular complexity index is 398. The van der Waals surface area contributed by atoms with E-state index in [9.17, 15) is 0 Å². The molecule has 0 N–H and O–H groups in total. The Balaban J connectivity index is 2.05. The van der Waals surface area contributed by atoms with E-state index >= 15 is 0 Å². The van der Waals surface area contributed by atoms with Gasteiger partial charge in [-0.05, 0) is 48.3 Å². The van der Waals surface area contributed by atoms with Crippen LogP contribution in [0.5, 0.6) is 0 Å². The maximum absolute atomic E-state index is 3.96. The molecule has 1 saturated carbocycles. The minimum atomic E-state index is 0.485. The molecule has 0 aliphatic heterocycles. The Labute approximate surface area is 128 Å². The van der Waals surface area contributed by atoms with Crippen LogP contribution in [-0.4, -0.2) is 4.83 Å². The molecule has 1 aromatic carbocycles. The van der Waals surface area contributed by atoms with Crippen LogP contribution in [0.3, 0.4) is 0 Å². The number of alkyl halides is 1. The lowest BCUT2D eigenvalue weighted by Gasteiger charge is -2.41. The van der Waals surface area contributed by atoms with E-state index in [-0.39, 0.29) is 0 Å². The summed E-state index contributed by atoms with van der Waals surface area (Å²) in [5.41, 5.74) is 1.91. The second-order valence-electron chi connectivity index (χ2n) is 6.19. The van der Waals surface area contributed by atoms with Gasteiger partial charge >= 0.3 is 0 Å². The first-order chi connectivity index (χ1) is 8.49. The van der Waals surface area contributed by atoms with Crippen molar-refractivity contribution in [3.05, 3.63) is 34.3 Å². The molecule has 100 valence electrons. The molecule has 1 aliphatic rings. The van der Waals surface area contributed by atoms with Crippen molar-refractivity contribution in [1.29, 1.82) is 0 Å². The van der Waals surface area contributed by atoms with Gasteiger partial charge in [0.1, 0.15) is 0 Å². The van der Waals surface area contributed by atoms with Gasteiger partial charge in [-0.15, -0.1) is 0 Å². The molecule has 0 amide bonds. The number of rotatable bonds is 3. The van der Waals surface area contributed by atoms with E-state index in [0.717, 1.165) is 12.3 Å². The van der Waals surface area contributed by atoms with Gasteiger partial charge < -0.3 is 0 Å². The fourth-order valence-electron chi connectivity index (χ4n) is 3.22. The highest BCUT2D eigenvalue weighted by Gasteiger charge is 2.36. The third kappa shape index (κ3) is 3.60. The van der Waals surface area contributed by atoms with Crippen molar-refractivity contribution in [2.24, 2.45) is 11.3 Å². The second-order valence-corrected chi connectivity index (χ2v) is 8.28. The SMILES string of the molecule is CC1(C)CCCCC1C(Br)Cc1cccc(Br)c1. The predicted molar refractivity (Wildman–Crippen MR) is 86.3 cm³/mol. The zero-order valence-corrected chi connectivity index (χ0v) is 14.4. The zero-order valence-electron chi connectivity index (χ0n) is 11.3. The van der Waals surface area contributed by atoms with Crippen molar-refractivity contribution in [2.75, 3.05) is 0 Å². The van der Waals surface area contributed by atoms with Gasteiger partial charge in [0.15, 0.2) is 0 Å². The van der Waals surface area contributed by atoms with Crippen LogP contribution in [0.4, 0.5) is 0 Å². The number of benzene rings is 1. The van der Waals surface area contributed by atoms with Crippen molar-refractivity contribution in [3.63, 3.8) is 0 Å². The summed E-state index contributed by atoms with van der Waals surface area (Å²) in [4.78, 5) is 0.599. The molecule has 0 heterocycles. The molecule has 0 saturated heterocycles. The number of hydrogen-bond donors (Lipinski definition) is 0. The second kappa shape index (κ2) is 6.09. The maximum Gasteiger partial charge on any atom is 0.0219 e. The van der Waals surface area contributed by atoms with Gasteiger partial charge in [-0.1, -0.05) is 70.7 Å². The molecule has 1 aliphatic carbocycles. The molecule has 2 unspecified atom stereocenters. The van der Waals surface area contributed by atoms with Crippen molar-refractivity contribution in [1.82, 2.24) is 0 Å². The summed E-state index contributed by atoms with van der Waals surface area (Å²) in [5, 5.41) is 0. The largest absolute Gasteiger partial charge is 0.0884 e. The summed E-state index contributed by atoms with van der Waals surface area (Å²) in [7, 11) is 0. The molecular weight excluding hydrogens is 352 g/mol. The minimum absolute atomic E-state index is 0.485. The molecule has 0 bridgehead atoms. The lowest BCUT2D eigenvalue weighted by atomic mass is 9.67. The van der Waals surface area contributed by atoms with Crippen LogP contribution in [0.1, 0.15) is 45.1 Å². The molecular formula is C16H22Br2. The van der Waals surface area contributed by atoms with Crippen LogP contribution in [0.15, 0.2) is 28.7 Å². The lowest BCUT2D eigenvalue weighted by Crippen LogP contribution is -2.35. The fraction of sp³-hybridized carbons (Fsp3) is 0.625. The van der Waals surface area contributed by atoms with Crippen LogP contribution in [0.25, 0.3) is 0 Å². The van der Waals surface area contributed by atoms with Crippen LogP contribution in [-0.2, 0) is 6.42 Å². The molecule has 0 aromatic heterocycles. The molecule has 0 nitrogen and oxygen atoms in total. The van der Waals surface area contributed by atoms with Crippen LogP contribution >= 0.6 is 31.9 Å². The van der Waals surface area contributed by atoms with E-state index in [2.05, 4.69) is 70.0 Å². The van der Waals surface area contributed by atoms with Crippen molar-refractivity contribution < 1.29 is 0 Å². The van der Waals surface area contributed by atoms with E-state index in [4.69, 9.17) is 0 Å². The van der Waals surface area contributed by atoms with Crippen LogP contribution < -0.4 is 0 Å². The summed E-state index contributed by atoms with van der Waals surface area (Å²) in [6, 6.07) is 8.70. The Morgan fingerprint density at radius 1 is 1.33 bits per heavy atom. The molecule has 2 atom stereocenters. The highest BCUT2D eigenvalue weighted by molar-refractivity contribution is 9.10. The Hall–Kier alpha value is 0.180. The normalized spacial score (nSPS) is 24.8. The average molecular weight is 374 g/mol. The van der Waals surface area contributed by atoms with E-state index < -0.39 is 0 Å². The first kappa shape index (κ1) is 14.6. The van der Waals surface area contributed by atoms with Gasteiger partial charge in [-0.25, -0.2) is 0 Å². The average Bonchev–Trinajstić information content (AvgIpc) is 2.28. The van der Waals surface area contributed by atoms with Gasteiger partial charge in [0, 0.05) is 9.30 Å². The lowest BCUT2D eigenvalue weighted by molar-refractivity contribution is 0.136. The number of hydrogen-bond acceptors (Lipinski definition) is 0. The van der Waals surface area contributed by atoms with E-state index in [1.807, 2.05) is 0 Å². The van der Waals surface area contributed by atoms with Crippen molar-refractivity contribution >= 4 is 31.9 Å². The standard InChI is InChI=1S/C16H22Br2/c1-16(2)9-4-3-8-14(16)15(18)11-12-6-5-7-13(17)10-12/h5-7,10,14-15H,3-4,8-9,11H2,1-2H3. The first-order valence-electron chi connectivity index (χ1n) is 6.87. The Morgan fingerprint density at radius 2 is 2.11 bits per heavy atom. The third-order valence-electron chi connectivity index (χ3n) is 4.35. The van der Waals surface area contributed by atoms with Crippen LogP contribution in [0, 0.1) is 11.3 Å². The van der Waals surface area contributed by atoms with Gasteiger partial charge in [0.25, 0.3) is 0 Å². The van der Waals surface area contributed by atoms with Gasteiger partial charge in [-0.2, -0.15) is 0 Å². The Morgan fingerprint density at radius 3 is 2.78 bits per heavy atom. The highest BCUT2D eigenvalue weighted by atomic mass is 79.9. The predicted octanol–water partition coefficient (Wildman–Crippen LogP) is 5.97. The summed E-state index contributed by atoms with van der Waals surface area (Å²) >= 11 is 7.52. The van der Waals surface area contributed by atoms with Crippen molar-refractivity contribution in [3.8, 4) is 0 Å². The minimum Gasteiger partial charge on any atom is -0.0884 e. The van der Waals surface area contributed by atoms with Gasteiger partial charge in [-0.3, -0.25) is 0 Å². The fourth-order valence-corrected chi connectivity index (χ4v) is 5.02. The molecule has 1 fully saturated rings. The summed E-state index contributed by atoms with van der Waals surface area (Å²) < 4.78 is 1.18. The van der Waals surface area contributed by atoms with E-state index in [0.29, 0.717) is 10.2 Å². The third-order valence-corrected chi connectivity index (χ3v) is 5.80. The molecule has 0 radical (unpaired) electrons. The molecule has 2 heteroatoms. The summed E-state index contributed by atoms with van der Waals surface area (Å²) in [6.07, 6.45) is 6.68. The zero-order chi connectivity index (χ0) is 13.2. The monoisotopic (exact) mass is 372 g/mol. The summed E-state index contributed by atoms with van der Waals surface area (Å²) in [6.45, 7) is 4.87. The van der Waals surface area contributed by atoms with E-state index in [1.54, 1.807) is 0 Å². The quantitative estimate of drug-likeness (QED) is 0.572. The highest BCUT2D eigenvalue weighted by Crippen LogP contribution is 2.45. The Kier molecular flexibility index (Phi) is 4.93. The van der Waals surface area contributed by atoms with Gasteiger partial charge in [0.05, 0.1) is 0 Å². The smallest absolute Gasteiger partial charge is 0.0219 e. The van der Waals surface area contributed by atoms with Crippen LogP contribution in [0.2, 0.25) is 0 Å². The molecule has 0 spiro atoms. The van der Waals surface area contributed by atoms with Gasteiger partial charge in [0.2, 0.25) is 0 Å². The van der Waals surface area contributed by atoms with E-state index in [1.165, 1.54) is 35.7 Å². The molecule has 2 rings (SSSR count). The number of halogens is 2.